The number of hydrogen-bond donors (Lipinski definition) is 0. The van der Waals surface area contributed by atoms with E-state index in [-0.39, 0.29) is 5.56 Å². The molecular weight excluding hydrogens is 264 g/mol. The second-order valence-corrected chi connectivity index (χ2v) is 7.91. The van der Waals surface area contributed by atoms with Gasteiger partial charge in [0, 0.05) is 24.0 Å². The van der Waals surface area contributed by atoms with Crippen LogP contribution in [-0.2, 0) is 13.5 Å². The lowest BCUT2D eigenvalue weighted by atomic mass is 10.2. The normalized spacial score (nSPS) is 23.6. The molecule has 1 atom stereocenters. The van der Waals surface area contributed by atoms with Crippen molar-refractivity contribution in [3.63, 3.8) is 0 Å². The lowest BCUT2D eigenvalue weighted by Crippen LogP contribution is -2.22. The van der Waals surface area contributed by atoms with Crippen molar-refractivity contribution < 1.29 is 0 Å². The van der Waals surface area contributed by atoms with E-state index in [2.05, 4.69) is 6.92 Å². The van der Waals surface area contributed by atoms with Crippen molar-refractivity contribution in [3.05, 3.63) is 16.0 Å². The van der Waals surface area contributed by atoms with Gasteiger partial charge >= 0.3 is 0 Å². The van der Waals surface area contributed by atoms with Gasteiger partial charge in [0.25, 0.3) is 5.56 Å². The van der Waals surface area contributed by atoms with Gasteiger partial charge < -0.3 is 0 Å². The first-order valence-electron chi connectivity index (χ1n) is 6.58. The molecule has 3 rings (SSSR count). The van der Waals surface area contributed by atoms with Crippen LogP contribution in [0.2, 0.25) is 0 Å². The van der Waals surface area contributed by atoms with E-state index in [0.29, 0.717) is 10.5 Å². The highest BCUT2D eigenvalue weighted by Gasteiger charge is 2.26. The Morgan fingerprint density at radius 3 is 2.83 bits per heavy atom. The summed E-state index contributed by atoms with van der Waals surface area (Å²) in [6.45, 7) is 2.16. The van der Waals surface area contributed by atoms with Crippen molar-refractivity contribution in [2.45, 2.75) is 59.6 Å². The average Bonchev–Trinajstić information content (AvgIpc) is 2.95. The summed E-state index contributed by atoms with van der Waals surface area (Å²) in [5.41, 5.74) is 1.17. The molecule has 1 fully saturated rings. The molecule has 0 N–H and O–H groups in total. The topological polar surface area (TPSA) is 34.9 Å². The molecule has 1 aliphatic carbocycles. The lowest BCUT2D eigenvalue weighted by Gasteiger charge is -2.12. The molecule has 0 saturated heterocycles. The molecule has 0 radical (unpaired) electrons. The molecule has 5 heteroatoms. The third-order valence-electron chi connectivity index (χ3n) is 3.65. The first-order valence-corrected chi connectivity index (χ1v) is 8.34. The number of hydrogen-bond acceptors (Lipinski definition) is 4. The summed E-state index contributed by atoms with van der Waals surface area (Å²) in [5.74, 6) is 0. The van der Waals surface area contributed by atoms with Crippen molar-refractivity contribution >= 4 is 23.5 Å². The molecule has 3 nitrogen and oxygen atoms in total. The van der Waals surface area contributed by atoms with Crippen LogP contribution in [0.25, 0.3) is 0 Å². The highest BCUT2D eigenvalue weighted by Crippen LogP contribution is 2.37. The van der Waals surface area contributed by atoms with Crippen molar-refractivity contribution in [2.24, 2.45) is 7.05 Å². The molecule has 0 amide bonds. The van der Waals surface area contributed by atoms with Crippen LogP contribution in [0.5, 0.6) is 0 Å². The summed E-state index contributed by atoms with van der Waals surface area (Å²) in [5, 5.41) is 2.07. The maximum atomic E-state index is 12.3. The third-order valence-corrected chi connectivity index (χ3v) is 6.25. The Labute approximate surface area is 116 Å². The SMILES string of the molecule is CC1Cc2nc(SC3CCCC3)n(C)c(=O)c2S1. The largest absolute Gasteiger partial charge is 0.290 e. The van der Waals surface area contributed by atoms with Crippen LogP contribution >= 0.6 is 23.5 Å². The summed E-state index contributed by atoms with van der Waals surface area (Å²) in [4.78, 5) is 17.9. The molecule has 1 aliphatic heterocycles. The lowest BCUT2D eigenvalue weighted by molar-refractivity contribution is 0.662. The second kappa shape index (κ2) is 4.93. The standard InChI is InChI=1S/C13H18N2OS2/c1-8-7-10-11(17-8)12(16)15(2)13(14-10)18-9-5-3-4-6-9/h8-9H,3-7H2,1-2H3. The fraction of sp³-hybridized carbons (Fsp3) is 0.692. The van der Waals surface area contributed by atoms with Gasteiger partial charge in [0.15, 0.2) is 5.16 Å². The summed E-state index contributed by atoms with van der Waals surface area (Å²) in [6.07, 6.45) is 6.12. The molecule has 98 valence electrons. The van der Waals surface area contributed by atoms with Gasteiger partial charge in [-0.2, -0.15) is 0 Å². The first kappa shape index (κ1) is 12.6. The average molecular weight is 282 g/mol. The molecular formula is C13H18N2OS2. The molecule has 1 aromatic rings. The van der Waals surface area contributed by atoms with Crippen LogP contribution in [0.4, 0.5) is 0 Å². The fourth-order valence-corrected chi connectivity index (χ4v) is 5.05. The maximum absolute atomic E-state index is 12.3. The monoisotopic (exact) mass is 282 g/mol. The summed E-state index contributed by atoms with van der Waals surface area (Å²) < 4.78 is 1.74. The van der Waals surface area contributed by atoms with Crippen molar-refractivity contribution in [1.82, 2.24) is 9.55 Å². The number of nitrogens with zero attached hydrogens (tertiary/aromatic N) is 2. The smallest absolute Gasteiger partial charge is 0.267 e. The predicted molar refractivity (Wildman–Crippen MR) is 76.6 cm³/mol. The van der Waals surface area contributed by atoms with E-state index < -0.39 is 0 Å². The van der Waals surface area contributed by atoms with Crippen LogP contribution in [-0.4, -0.2) is 20.1 Å². The van der Waals surface area contributed by atoms with Crippen LogP contribution < -0.4 is 5.56 Å². The molecule has 1 saturated carbocycles. The zero-order chi connectivity index (χ0) is 12.7. The first-order chi connectivity index (χ1) is 8.65. The van der Waals surface area contributed by atoms with Gasteiger partial charge in [-0.05, 0) is 12.8 Å². The fourth-order valence-electron chi connectivity index (χ4n) is 2.64. The van der Waals surface area contributed by atoms with Gasteiger partial charge in [0.1, 0.15) is 0 Å². The minimum absolute atomic E-state index is 0.148. The van der Waals surface area contributed by atoms with Gasteiger partial charge in [-0.1, -0.05) is 31.5 Å². The zero-order valence-corrected chi connectivity index (χ0v) is 12.4. The second-order valence-electron chi connectivity index (χ2n) is 5.19. The Bertz CT molecular complexity index is 520. The van der Waals surface area contributed by atoms with E-state index >= 15 is 0 Å². The molecule has 0 aromatic carbocycles. The van der Waals surface area contributed by atoms with Crippen LogP contribution in [0.15, 0.2) is 14.8 Å². The molecule has 2 heterocycles. The predicted octanol–water partition coefficient (Wildman–Crippen LogP) is 2.85. The van der Waals surface area contributed by atoms with Gasteiger partial charge in [-0.25, -0.2) is 4.98 Å². The number of thioether (sulfide) groups is 2. The van der Waals surface area contributed by atoms with Crippen LogP contribution in [0.3, 0.4) is 0 Å². The Morgan fingerprint density at radius 1 is 1.39 bits per heavy atom. The third kappa shape index (κ3) is 2.23. The Balaban J connectivity index is 1.93. The molecule has 18 heavy (non-hydrogen) atoms. The summed E-state index contributed by atoms with van der Waals surface area (Å²) in [6, 6.07) is 0. The van der Waals surface area contributed by atoms with E-state index in [9.17, 15) is 4.79 Å². The summed E-state index contributed by atoms with van der Waals surface area (Å²) >= 11 is 3.48. The van der Waals surface area contributed by atoms with E-state index in [1.165, 1.54) is 25.7 Å². The molecule has 1 aromatic heterocycles. The van der Waals surface area contributed by atoms with Crippen molar-refractivity contribution in [2.75, 3.05) is 0 Å². The van der Waals surface area contributed by atoms with Gasteiger partial charge in [0.05, 0.1) is 10.6 Å². The highest BCUT2D eigenvalue weighted by molar-refractivity contribution is 8.00. The number of fused-ring (bicyclic) bond motifs is 1. The van der Waals surface area contributed by atoms with E-state index in [1.807, 2.05) is 7.05 Å². The molecule has 0 bridgehead atoms. The van der Waals surface area contributed by atoms with E-state index in [1.54, 1.807) is 28.1 Å². The molecule has 1 unspecified atom stereocenters. The Hall–Kier alpha value is -0.420. The van der Waals surface area contributed by atoms with Gasteiger partial charge in [-0.3, -0.25) is 9.36 Å². The maximum Gasteiger partial charge on any atom is 0.267 e. The Morgan fingerprint density at radius 2 is 2.11 bits per heavy atom. The summed E-state index contributed by atoms with van der Waals surface area (Å²) in [7, 11) is 1.86. The van der Waals surface area contributed by atoms with E-state index in [4.69, 9.17) is 4.98 Å². The van der Waals surface area contributed by atoms with E-state index in [0.717, 1.165) is 22.2 Å². The highest BCUT2D eigenvalue weighted by atomic mass is 32.2. The zero-order valence-electron chi connectivity index (χ0n) is 10.8. The minimum atomic E-state index is 0.148. The van der Waals surface area contributed by atoms with Crippen molar-refractivity contribution in [1.29, 1.82) is 0 Å². The van der Waals surface area contributed by atoms with Gasteiger partial charge in [0.2, 0.25) is 0 Å². The quantitative estimate of drug-likeness (QED) is 0.781. The molecule has 0 spiro atoms. The Kier molecular flexibility index (Phi) is 3.45. The number of rotatable bonds is 2. The van der Waals surface area contributed by atoms with Gasteiger partial charge in [-0.15, -0.1) is 11.8 Å². The van der Waals surface area contributed by atoms with Crippen molar-refractivity contribution in [3.8, 4) is 0 Å². The molecule has 2 aliphatic rings. The minimum Gasteiger partial charge on any atom is -0.290 e. The van der Waals surface area contributed by atoms with Crippen LogP contribution in [0.1, 0.15) is 38.3 Å². The van der Waals surface area contributed by atoms with Crippen LogP contribution in [0, 0.1) is 0 Å². The number of aromatic nitrogens is 2.